The van der Waals surface area contributed by atoms with Crippen molar-refractivity contribution in [3.05, 3.63) is 16.4 Å². The predicted molar refractivity (Wildman–Crippen MR) is 54.0 cm³/mol. The van der Waals surface area contributed by atoms with Crippen molar-refractivity contribution in [3.8, 4) is 0 Å². The number of rotatable bonds is 2. The van der Waals surface area contributed by atoms with Crippen molar-refractivity contribution in [3.63, 3.8) is 0 Å². The van der Waals surface area contributed by atoms with E-state index in [2.05, 4.69) is 5.10 Å². The zero-order valence-electron chi connectivity index (χ0n) is 8.97. The summed E-state index contributed by atoms with van der Waals surface area (Å²) in [5, 5.41) is 2.77. The van der Waals surface area contributed by atoms with Crippen LogP contribution in [0.25, 0.3) is 0 Å². The molecule has 1 atom stereocenters. The van der Waals surface area contributed by atoms with E-state index in [9.17, 15) is 18.0 Å². The molecule has 9 heteroatoms. The van der Waals surface area contributed by atoms with Crippen molar-refractivity contribution in [2.45, 2.75) is 26.1 Å². The molecule has 0 saturated heterocycles. The Morgan fingerprint density at radius 3 is 2.47 bits per heavy atom. The number of hydrogen-bond acceptors (Lipinski definition) is 3. The van der Waals surface area contributed by atoms with Crippen LogP contribution >= 0.6 is 11.6 Å². The molecule has 1 rings (SSSR count). The van der Waals surface area contributed by atoms with Crippen LogP contribution in [0.15, 0.2) is 0 Å². The van der Waals surface area contributed by atoms with E-state index in [1.54, 1.807) is 0 Å². The fraction of sp³-hybridized carbons (Fsp3) is 0.500. The zero-order valence-corrected chi connectivity index (χ0v) is 9.73. The summed E-state index contributed by atoms with van der Waals surface area (Å²) in [4.78, 5) is 11.2. The number of alkyl halides is 3. The van der Waals surface area contributed by atoms with Gasteiger partial charge in [-0.2, -0.15) is 18.3 Å². The molecule has 96 valence electrons. The average molecular weight is 271 g/mol. The molecule has 0 spiro atoms. The minimum absolute atomic E-state index is 0.0510. The standard InChI is InChI=1S/C8H10ClF3N4O/c1-3-5(9)6(8(10,11)12)15-16(3)4(2)7(17)14-13/h4H,13H2,1-2H3,(H,14,17)/t4-/m0/s1. The van der Waals surface area contributed by atoms with Crippen LogP contribution in [0.4, 0.5) is 13.2 Å². The minimum atomic E-state index is -4.66. The molecule has 0 radical (unpaired) electrons. The summed E-state index contributed by atoms with van der Waals surface area (Å²) in [6.07, 6.45) is -4.66. The molecule has 0 bridgehead atoms. The smallest absolute Gasteiger partial charge is 0.292 e. The molecule has 1 aromatic heterocycles. The second-order valence-electron chi connectivity index (χ2n) is 3.37. The van der Waals surface area contributed by atoms with Gasteiger partial charge in [0.15, 0.2) is 5.69 Å². The highest BCUT2D eigenvalue weighted by molar-refractivity contribution is 6.32. The molecule has 0 aliphatic heterocycles. The van der Waals surface area contributed by atoms with Crippen molar-refractivity contribution >= 4 is 17.5 Å². The summed E-state index contributed by atoms with van der Waals surface area (Å²) in [5.74, 6) is 4.23. The number of nitrogens with two attached hydrogens (primary N) is 1. The first-order valence-corrected chi connectivity index (χ1v) is 4.90. The van der Waals surface area contributed by atoms with Crippen LogP contribution in [0.3, 0.4) is 0 Å². The summed E-state index contributed by atoms with van der Waals surface area (Å²) < 4.78 is 38.4. The monoisotopic (exact) mass is 270 g/mol. The largest absolute Gasteiger partial charge is 0.436 e. The number of halogens is 4. The van der Waals surface area contributed by atoms with Gasteiger partial charge in [0.2, 0.25) is 0 Å². The molecule has 1 aromatic rings. The third-order valence-electron chi connectivity index (χ3n) is 2.23. The molecule has 0 aromatic carbocycles. The summed E-state index contributed by atoms with van der Waals surface area (Å²) >= 11 is 5.52. The second kappa shape index (κ2) is 4.53. The molecule has 5 nitrogen and oxygen atoms in total. The van der Waals surface area contributed by atoms with E-state index >= 15 is 0 Å². The molecule has 0 fully saturated rings. The molecule has 17 heavy (non-hydrogen) atoms. The van der Waals surface area contributed by atoms with E-state index in [0.29, 0.717) is 0 Å². The Hall–Kier alpha value is -1.28. The normalized spacial score (nSPS) is 13.6. The predicted octanol–water partition coefficient (Wildman–Crippen LogP) is 1.41. The molecule has 0 aliphatic rings. The molecule has 1 amide bonds. The molecule has 0 aliphatic carbocycles. The van der Waals surface area contributed by atoms with E-state index in [4.69, 9.17) is 17.4 Å². The Bertz CT molecular complexity index is 443. The Morgan fingerprint density at radius 2 is 2.12 bits per heavy atom. The van der Waals surface area contributed by atoms with E-state index in [1.165, 1.54) is 13.8 Å². The van der Waals surface area contributed by atoms with Gasteiger partial charge in [-0.25, -0.2) is 5.84 Å². The number of hydrazine groups is 1. The molecule has 0 saturated carbocycles. The molecular weight excluding hydrogens is 261 g/mol. The lowest BCUT2D eigenvalue weighted by Gasteiger charge is -2.12. The van der Waals surface area contributed by atoms with Gasteiger partial charge >= 0.3 is 6.18 Å². The van der Waals surface area contributed by atoms with Gasteiger partial charge in [-0.3, -0.25) is 14.9 Å². The van der Waals surface area contributed by atoms with Gasteiger partial charge in [0, 0.05) is 0 Å². The van der Waals surface area contributed by atoms with Crippen molar-refractivity contribution in [2.75, 3.05) is 0 Å². The minimum Gasteiger partial charge on any atom is -0.292 e. The van der Waals surface area contributed by atoms with Gasteiger partial charge in [0.1, 0.15) is 6.04 Å². The highest BCUT2D eigenvalue weighted by Gasteiger charge is 2.39. The zero-order chi connectivity index (χ0) is 13.4. The number of carbonyl (C=O) groups excluding carboxylic acids is 1. The highest BCUT2D eigenvalue weighted by Crippen LogP contribution is 2.36. The SMILES string of the molecule is Cc1c(Cl)c(C(F)(F)F)nn1[C@@H](C)C(=O)NN. The summed E-state index contributed by atoms with van der Waals surface area (Å²) in [6.45, 7) is 2.70. The second-order valence-corrected chi connectivity index (χ2v) is 3.75. The quantitative estimate of drug-likeness (QED) is 0.485. The molecule has 3 N–H and O–H groups in total. The van der Waals surface area contributed by atoms with Crippen LogP contribution in [0.5, 0.6) is 0 Å². The summed E-state index contributed by atoms with van der Waals surface area (Å²) in [6, 6.07) is -0.978. The molecular formula is C8H10ClF3N4O. The number of amides is 1. The highest BCUT2D eigenvalue weighted by atomic mass is 35.5. The Morgan fingerprint density at radius 1 is 1.59 bits per heavy atom. The summed E-state index contributed by atoms with van der Waals surface area (Å²) in [7, 11) is 0. The van der Waals surface area contributed by atoms with Crippen LogP contribution in [0.2, 0.25) is 5.02 Å². The third kappa shape index (κ3) is 2.52. The number of aromatic nitrogens is 2. The lowest BCUT2D eigenvalue weighted by molar-refractivity contribution is -0.141. The van der Waals surface area contributed by atoms with Gasteiger partial charge in [0.25, 0.3) is 5.91 Å². The first kappa shape index (κ1) is 13.8. The molecule has 1 heterocycles. The van der Waals surface area contributed by atoms with E-state index in [0.717, 1.165) is 4.68 Å². The van der Waals surface area contributed by atoms with E-state index in [1.807, 2.05) is 5.43 Å². The maximum atomic E-state index is 12.5. The van der Waals surface area contributed by atoms with Gasteiger partial charge in [-0.1, -0.05) is 11.6 Å². The van der Waals surface area contributed by atoms with Gasteiger partial charge in [0.05, 0.1) is 10.7 Å². The van der Waals surface area contributed by atoms with Crippen molar-refractivity contribution in [1.29, 1.82) is 0 Å². The van der Waals surface area contributed by atoms with Crippen molar-refractivity contribution < 1.29 is 18.0 Å². The Balaban J connectivity index is 3.25. The lowest BCUT2D eigenvalue weighted by Crippen LogP contribution is -2.36. The van der Waals surface area contributed by atoms with Crippen LogP contribution in [0, 0.1) is 6.92 Å². The first-order chi connectivity index (χ1) is 7.70. The van der Waals surface area contributed by atoms with Gasteiger partial charge in [-0.05, 0) is 13.8 Å². The topological polar surface area (TPSA) is 72.9 Å². The molecule has 0 unspecified atom stereocenters. The first-order valence-electron chi connectivity index (χ1n) is 4.52. The maximum Gasteiger partial charge on any atom is 0.436 e. The fourth-order valence-electron chi connectivity index (χ4n) is 1.29. The van der Waals surface area contributed by atoms with Gasteiger partial charge < -0.3 is 0 Å². The summed E-state index contributed by atoms with van der Waals surface area (Å²) in [5.41, 5.74) is 0.670. The lowest BCUT2D eigenvalue weighted by atomic mass is 10.3. The number of hydrogen-bond donors (Lipinski definition) is 2. The number of nitrogens with zero attached hydrogens (tertiary/aromatic N) is 2. The Kier molecular flexibility index (Phi) is 3.68. The van der Waals surface area contributed by atoms with Crippen LogP contribution in [-0.2, 0) is 11.0 Å². The van der Waals surface area contributed by atoms with E-state index < -0.39 is 28.8 Å². The van der Waals surface area contributed by atoms with Crippen LogP contribution in [0.1, 0.15) is 24.4 Å². The van der Waals surface area contributed by atoms with Gasteiger partial charge in [-0.15, -0.1) is 0 Å². The number of nitrogens with one attached hydrogen (secondary N) is 1. The average Bonchev–Trinajstić information content (AvgIpc) is 2.53. The fourth-order valence-corrected chi connectivity index (χ4v) is 1.52. The van der Waals surface area contributed by atoms with Crippen molar-refractivity contribution in [1.82, 2.24) is 15.2 Å². The van der Waals surface area contributed by atoms with Crippen LogP contribution in [-0.4, -0.2) is 15.7 Å². The van der Waals surface area contributed by atoms with Crippen molar-refractivity contribution in [2.24, 2.45) is 5.84 Å². The maximum absolute atomic E-state index is 12.5. The third-order valence-corrected chi connectivity index (χ3v) is 2.69. The Labute approximate surface area is 99.7 Å². The van der Waals surface area contributed by atoms with Crippen LogP contribution < -0.4 is 11.3 Å². The number of carbonyl (C=O) groups is 1. The van der Waals surface area contributed by atoms with E-state index in [-0.39, 0.29) is 5.69 Å².